The molecule has 1 heterocycles. The lowest BCUT2D eigenvalue weighted by Gasteiger charge is -2.33. The van der Waals surface area contributed by atoms with Gasteiger partial charge in [-0.3, -0.25) is 4.79 Å². The van der Waals surface area contributed by atoms with Crippen LogP contribution in [-0.2, 0) is 4.74 Å². The number of carbonyl (C=O) groups excluding carboxylic acids is 2. The van der Waals surface area contributed by atoms with E-state index in [1.54, 1.807) is 4.90 Å². The van der Waals surface area contributed by atoms with Crippen LogP contribution >= 0.6 is 0 Å². The van der Waals surface area contributed by atoms with E-state index < -0.39 is 5.60 Å². The third-order valence-electron chi connectivity index (χ3n) is 7.04. The van der Waals surface area contributed by atoms with E-state index in [0.717, 1.165) is 35.3 Å². The number of guanidine groups is 1. The molecule has 1 aliphatic heterocycles. The number of fused-ring (bicyclic) bond motifs is 1. The largest absolute Gasteiger partial charge is 0.444 e. The first-order valence-electron chi connectivity index (χ1n) is 14.0. The predicted octanol–water partition coefficient (Wildman–Crippen LogP) is 5.28. The van der Waals surface area contributed by atoms with E-state index in [4.69, 9.17) is 14.7 Å². The van der Waals surface area contributed by atoms with Crippen molar-refractivity contribution in [3.05, 3.63) is 53.1 Å². The van der Waals surface area contributed by atoms with Gasteiger partial charge in [-0.15, -0.1) is 0 Å². The molecule has 8 nitrogen and oxygen atoms in total. The molecule has 4 rings (SSSR count). The number of hydrogen-bond donors (Lipinski definition) is 2. The molecule has 0 spiro atoms. The van der Waals surface area contributed by atoms with Gasteiger partial charge in [0.2, 0.25) is 5.96 Å². The minimum Gasteiger partial charge on any atom is -0.444 e. The quantitative estimate of drug-likeness (QED) is 0.499. The van der Waals surface area contributed by atoms with Gasteiger partial charge in [0.1, 0.15) is 5.60 Å². The summed E-state index contributed by atoms with van der Waals surface area (Å²) in [6.45, 7) is 16.2. The molecule has 1 fully saturated rings. The Morgan fingerprint density at radius 3 is 2.51 bits per heavy atom. The van der Waals surface area contributed by atoms with Gasteiger partial charge in [-0.1, -0.05) is 18.2 Å². The average molecular weight is 534 g/mol. The predicted molar refractivity (Wildman–Crippen MR) is 157 cm³/mol. The summed E-state index contributed by atoms with van der Waals surface area (Å²) in [5.74, 6) is 0.610. The Balaban J connectivity index is 1.44. The highest BCUT2D eigenvalue weighted by Gasteiger charge is 2.30. The highest BCUT2D eigenvalue weighted by Crippen LogP contribution is 2.31. The van der Waals surface area contributed by atoms with E-state index >= 15 is 0 Å². The Morgan fingerprint density at radius 1 is 1.15 bits per heavy atom. The molecule has 3 atom stereocenters. The van der Waals surface area contributed by atoms with Crippen LogP contribution in [0.2, 0.25) is 0 Å². The number of ether oxygens (including phenoxy) is 1. The number of nitrogens with one attached hydrogen (secondary N) is 2. The van der Waals surface area contributed by atoms with Crippen LogP contribution in [-0.4, -0.2) is 64.9 Å². The van der Waals surface area contributed by atoms with E-state index in [1.165, 1.54) is 0 Å². The zero-order chi connectivity index (χ0) is 28.5. The SMILES string of the molecule is Cc1ccc(C(=O)NC2CC2)cc1C1=CC2C(=NC(NC(C)CN(C(=O)OC(C)(C)C)C(C)C)=N[C@@H]2C)C=C1. The smallest absolute Gasteiger partial charge is 0.410 e. The van der Waals surface area contributed by atoms with Crippen LogP contribution < -0.4 is 10.6 Å². The lowest BCUT2D eigenvalue weighted by atomic mass is 9.84. The number of carbonyl (C=O) groups is 2. The molecule has 0 saturated heterocycles. The van der Waals surface area contributed by atoms with E-state index in [-0.39, 0.29) is 36.0 Å². The van der Waals surface area contributed by atoms with Crippen LogP contribution in [0.1, 0.15) is 82.8 Å². The summed E-state index contributed by atoms with van der Waals surface area (Å²) in [7, 11) is 0. The molecular formula is C31H43N5O3. The molecule has 1 aromatic carbocycles. The molecule has 210 valence electrons. The summed E-state index contributed by atoms with van der Waals surface area (Å²) in [5, 5.41) is 6.47. The molecule has 0 radical (unpaired) electrons. The normalized spacial score (nSPS) is 21.3. The minimum absolute atomic E-state index is 0.00131. The number of hydrogen-bond acceptors (Lipinski definition) is 6. The monoisotopic (exact) mass is 533 g/mol. The number of allylic oxidation sites excluding steroid dienone is 3. The van der Waals surface area contributed by atoms with Gasteiger partial charge in [-0.05, 0) is 103 Å². The van der Waals surface area contributed by atoms with Gasteiger partial charge in [-0.25, -0.2) is 14.8 Å². The minimum atomic E-state index is -0.548. The number of aryl methyl sites for hydroxylation is 1. The molecule has 2 amide bonds. The van der Waals surface area contributed by atoms with Crippen LogP contribution in [0.15, 0.2) is 46.4 Å². The summed E-state index contributed by atoms with van der Waals surface area (Å²) in [6.07, 6.45) is 8.14. The fraction of sp³-hybridized carbons (Fsp3) is 0.548. The molecule has 2 unspecified atom stereocenters. The molecule has 1 aromatic rings. The Kier molecular flexibility index (Phi) is 8.33. The van der Waals surface area contributed by atoms with E-state index in [1.807, 2.05) is 59.7 Å². The van der Waals surface area contributed by atoms with Crippen molar-refractivity contribution in [3.8, 4) is 0 Å². The number of amides is 2. The number of aliphatic imine (C=N–C) groups is 2. The standard InChI is InChI=1S/C31H43N5O3/c1-18(2)36(30(38)39-31(6,7)8)17-20(4)32-29-33-21(5)26-15-22(11-14-27(26)35-29)25-16-23(10-9-19(25)3)28(37)34-24-12-13-24/h9-11,14-16,18,20-21,24,26H,12-13,17H2,1-8H3,(H,32,33)(H,34,37)/t20?,21-,26?/m1/s1. The lowest BCUT2D eigenvalue weighted by molar-refractivity contribution is 0.0177. The molecule has 0 aromatic heterocycles. The number of nitrogens with zero attached hydrogens (tertiary/aromatic N) is 3. The van der Waals surface area contributed by atoms with Crippen molar-refractivity contribution < 1.29 is 14.3 Å². The van der Waals surface area contributed by atoms with Gasteiger partial charge >= 0.3 is 6.09 Å². The fourth-order valence-electron chi connectivity index (χ4n) is 4.74. The van der Waals surface area contributed by atoms with Crippen LogP contribution in [0.3, 0.4) is 0 Å². The van der Waals surface area contributed by atoms with Crippen LogP contribution in [0.25, 0.3) is 5.57 Å². The van der Waals surface area contributed by atoms with Crippen molar-refractivity contribution in [2.45, 2.75) is 98.0 Å². The van der Waals surface area contributed by atoms with Gasteiger partial charge in [0.15, 0.2) is 0 Å². The van der Waals surface area contributed by atoms with Crippen LogP contribution in [0.4, 0.5) is 4.79 Å². The first kappa shape index (κ1) is 28.6. The number of rotatable bonds is 7. The maximum absolute atomic E-state index is 12.7. The molecule has 39 heavy (non-hydrogen) atoms. The Morgan fingerprint density at radius 2 is 1.87 bits per heavy atom. The molecule has 2 aliphatic carbocycles. The Labute approximate surface area is 232 Å². The summed E-state index contributed by atoms with van der Waals surface area (Å²) < 4.78 is 5.60. The second kappa shape index (κ2) is 11.4. The average Bonchev–Trinajstić information content (AvgIpc) is 3.65. The maximum Gasteiger partial charge on any atom is 0.410 e. The maximum atomic E-state index is 12.7. The molecule has 1 saturated carbocycles. The van der Waals surface area contributed by atoms with Crippen molar-refractivity contribution in [2.75, 3.05) is 6.54 Å². The highest BCUT2D eigenvalue weighted by molar-refractivity contribution is 6.11. The molecule has 3 aliphatic rings. The topological polar surface area (TPSA) is 95.4 Å². The van der Waals surface area contributed by atoms with Gasteiger partial charge in [0.25, 0.3) is 5.91 Å². The van der Waals surface area contributed by atoms with Crippen molar-refractivity contribution >= 4 is 29.2 Å². The van der Waals surface area contributed by atoms with Crippen molar-refractivity contribution in [3.63, 3.8) is 0 Å². The van der Waals surface area contributed by atoms with E-state index in [9.17, 15) is 9.59 Å². The lowest BCUT2D eigenvalue weighted by Crippen LogP contribution is -2.49. The van der Waals surface area contributed by atoms with E-state index in [0.29, 0.717) is 24.1 Å². The fourth-order valence-corrected chi connectivity index (χ4v) is 4.74. The van der Waals surface area contributed by atoms with Gasteiger partial charge in [0, 0.05) is 36.2 Å². The summed E-state index contributed by atoms with van der Waals surface area (Å²) in [6, 6.07) is 6.14. The summed E-state index contributed by atoms with van der Waals surface area (Å²) in [5.41, 5.74) is 4.34. The second-order valence-electron chi connectivity index (χ2n) is 12.3. The van der Waals surface area contributed by atoms with Gasteiger partial charge in [0.05, 0.1) is 11.8 Å². The third kappa shape index (κ3) is 7.37. The van der Waals surface area contributed by atoms with Gasteiger partial charge in [-0.2, -0.15) is 0 Å². The van der Waals surface area contributed by atoms with Crippen molar-refractivity contribution in [1.82, 2.24) is 15.5 Å². The van der Waals surface area contributed by atoms with Crippen molar-refractivity contribution in [2.24, 2.45) is 15.9 Å². The van der Waals surface area contributed by atoms with Crippen LogP contribution in [0.5, 0.6) is 0 Å². The second-order valence-corrected chi connectivity index (χ2v) is 12.3. The first-order valence-corrected chi connectivity index (χ1v) is 14.0. The zero-order valence-corrected chi connectivity index (χ0v) is 24.5. The van der Waals surface area contributed by atoms with E-state index in [2.05, 4.69) is 42.7 Å². The molecule has 0 bridgehead atoms. The Hall–Kier alpha value is -3.42. The first-order chi connectivity index (χ1) is 18.3. The summed E-state index contributed by atoms with van der Waals surface area (Å²) >= 11 is 0. The highest BCUT2D eigenvalue weighted by atomic mass is 16.6. The van der Waals surface area contributed by atoms with Crippen molar-refractivity contribution in [1.29, 1.82) is 0 Å². The summed E-state index contributed by atoms with van der Waals surface area (Å²) in [4.78, 5) is 36.7. The molecular weight excluding hydrogens is 490 g/mol. The van der Waals surface area contributed by atoms with Gasteiger partial charge < -0.3 is 20.3 Å². The number of benzene rings is 1. The zero-order valence-electron chi connectivity index (χ0n) is 24.5. The Bertz CT molecular complexity index is 1230. The van der Waals surface area contributed by atoms with Crippen LogP contribution in [0, 0.1) is 12.8 Å². The molecule has 2 N–H and O–H groups in total. The molecule has 8 heteroatoms. The third-order valence-corrected chi connectivity index (χ3v) is 7.04.